The second-order valence-corrected chi connectivity index (χ2v) is 7.69. The third kappa shape index (κ3) is 6.57. The zero-order valence-electron chi connectivity index (χ0n) is 18.4. The summed E-state index contributed by atoms with van der Waals surface area (Å²) in [6, 6.07) is 16.1. The number of amides is 2. The standard InChI is InChI=1S/C25H30N2O5/c1-2-3-16-32-23(28)18-22-24(29)26-14-15-27(22)25(30)20-9-11-21(12-10-20)31-17-13-19-7-5-4-6-8-19/h4-12,22H,2-3,13-18H2,1H3,(H,26,29). The van der Waals surface area contributed by atoms with Crippen LogP contribution in [0.1, 0.15) is 42.1 Å². The van der Waals surface area contributed by atoms with Crippen LogP contribution in [-0.4, -0.2) is 55.0 Å². The highest BCUT2D eigenvalue weighted by molar-refractivity contribution is 5.99. The van der Waals surface area contributed by atoms with Crippen molar-refractivity contribution >= 4 is 17.8 Å². The average molecular weight is 439 g/mol. The van der Waals surface area contributed by atoms with Crippen molar-refractivity contribution in [1.82, 2.24) is 10.2 Å². The number of carbonyl (C=O) groups excluding carboxylic acids is 3. The molecule has 7 nitrogen and oxygen atoms in total. The molecule has 2 amide bonds. The maximum absolute atomic E-state index is 13.1. The Morgan fingerprint density at radius 1 is 1.06 bits per heavy atom. The molecular weight excluding hydrogens is 408 g/mol. The van der Waals surface area contributed by atoms with Crippen molar-refractivity contribution in [3.05, 3.63) is 65.7 Å². The summed E-state index contributed by atoms with van der Waals surface area (Å²) < 4.78 is 11.0. The van der Waals surface area contributed by atoms with E-state index in [0.29, 0.717) is 37.6 Å². The molecule has 2 aromatic rings. The molecule has 0 radical (unpaired) electrons. The maximum atomic E-state index is 13.1. The van der Waals surface area contributed by atoms with Gasteiger partial charge in [-0.05, 0) is 36.2 Å². The van der Waals surface area contributed by atoms with Crippen molar-refractivity contribution < 1.29 is 23.9 Å². The fraction of sp³-hybridized carbons (Fsp3) is 0.400. The van der Waals surface area contributed by atoms with Crippen molar-refractivity contribution in [2.45, 2.75) is 38.6 Å². The van der Waals surface area contributed by atoms with Crippen molar-refractivity contribution in [1.29, 1.82) is 0 Å². The van der Waals surface area contributed by atoms with E-state index >= 15 is 0 Å². The molecule has 1 fully saturated rings. The summed E-state index contributed by atoms with van der Waals surface area (Å²) in [7, 11) is 0. The zero-order valence-corrected chi connectivity index (χ0v) is 18.4. The number of benzene rings is 2. The van der Waals surface area contributed by atoms with Crippen LogP contribution in [0.4, 0.5) is 0 Å². The van der Waals surface area contributed by atoms with Crippen LogP contribution < -0.4 is 10.1 Å². The van der Waals surface area contributed by atoms with Crippen molar-refractivity contribution in [3.8, 4) is 5.75 Å². The SMILES string of the molecule is CCCCOC(=O)CC1C(=O)NCCN1C(=O)c1ccc(OCCc2ccccc2)cc1. The van der Waals surface area contributed by atoms with Gasteiger partial charge in [0.15, 0.2) is 0 Å². The van der Waals surface area contributed by atoms with Crippen LogP contribution in [0.3, 0.4) is 0 Å². The van der Waals surface area contributed by atoms with Gasteiger partial charge in [-0.25, -0.2) is 0 Å². The Hall–Kier alpha value is -3.35. The number of esters is 1. The zero-order chi connectivity index (χ0) is 22.8. The quantitative estimate of drug-likeness (QED) is 0.455. The molecule has 1 aliphatic heterocycles. The predicted molar refractivity (Wildman–Crippen MR) is 120 cm³/mol. The van der Waals surface area contributed by atoms with Crippen LogP contribution >= 0.6 is 0 Å². The van der Waals surface area contributed by atoms with E-state index in [-0.39, 0.29) is 18.2 Å². The van der Waals surface area contributed by atoms with Gasteiger partial charge in [0.05, 0.1) is 19.6 Å². The summed E-state index contributed by atoms with van der Waals surface area (Å²) in [6.07, 6.45) is 2.32. The number of hydrogen-bond acceptors (Lipinski definition) is 5. The molecule has 1 atom stereocenters. The van der Waals surface area contributed by atoms with E-state index in [2.05, 4.69) is 17.4 Å². The summed E-state index contributed by atoms with van der Waals surface area (Å²) in [4.78, 5) is 39.0. The first-order valence-electron chi connectivity index (χ1n) is 11.1. The molecule has 0 aromatic heterocycles. The van der Waals surface area contributed by atoms with Gasteiger partial charge in [0.25, 0.3) is 5.91 Å². The number of piperazine rings is 1. The van der Waals surface area contributed by atoms with Gasteiger partial charge in [-0.15, -0.1) is 0 Å². The van der Waals surface area contributed by atoms with Gasteiger partial charge in [-0.3, -0.25) is 14.4 Å². The Kier molecular flexibility index (Phi) is 8.66. The molecule has 1 aliphatic rings. The number of nitrogens with zero attached hydrogens (tertiary/aromatic N) is 1. The third-order valence-electron chi connectivity index (χ3n) is 5.32. The van der Waals surface area contributed by atoms with E-state index in [0.717, 1.165) is 19.3 Å². The van der Waals surface area contributed by atoms with Crippen LogP contribution in [0.15, 0.2) is 54.6 Å². The molecule has 1 unspecified atom stereocenters. The second kappa shape index (κ2) is 11.9. The lowest BCUT2D eigenvalue weighted by molar-refractivity contribution is -0.147. The number of carbonyl (C=O) groups is 3. The minimum atomic E-state index is -0.868. The van der Waals surface area contributed by atoms with E-state index in [1.54, 1.807) is 24.3 Å². The van der Waals surface area contributed by atoms with Crippen LogP contribution in [-0.2, 0) is 20.7 Å². The monoisotopic (exact) mass is 438 g/mol. The first-order valence-corrected chi connectivity index (χ1v) is 11.1. The largest absolute Gasteiger partial charge is 0.493 e. The smallest absolute Gasteiger partial charge is 0.308 e. The van der Waals surface area contributed by atoms with E-state index in [1.165, 1.54) is 10.5 Å². The number of ether oxygens (including phenoxy) is 2. The Labute approximate surface area is 188 Å². The lowest BCUT2D eigenvalue weighted by atomic mass is 10.1. The van der Waals surface area contributed by atoms with E-state index in [1.807, 2.05) is 25.1 Å². The van der Waals surface area contributed by atoms with Gasteiger partial charge in [-0.2, -0.15) is 0 Å². The van der Waals surface area contributed by atoms with Crippen LogP contribution in [0.5, 0.6) is 5.75 Å². The lowest BCUT2D eigenvalue weighted by Crippen LogP contribution is -2.57. The van der Waals surface area contributed by atoms with Crippen LogP contribution in [0.25, 0.3) is 0 Å². The van der Waals surface area contributed by atoms with Gasteiger partial charge in [0.1, 0.15) is 11.8 Å². The highest BCUT2D eigenvalue weighted by Crippen LogP contribution is 2.18. The van der Waals surface area contributed by atoms with Gasteiger partial charge in [0.2, 0.25) is 5.91 Å². The molecule has 170 valence electrons. The van der Waals surface area contributed by atoms with Gasteiger partial charge in [0, 0.05) is 25.1 Å². The molecule has 7 heteroatoms. The van der Waals surface area contributed by atoms with Crippen LogP contribution in [0.2, 0.25) is 0 Å². The molecule has 1 N–H and O–H groups in total. The summed E-state index contributed by atoms with van der Waals surface area (Å²) in [5.41, 5.74) is 1.64. The van der Waals surface area contributed by atoms with Crippen molar-refractivity contribution in [2.24, 2.45) is 0 Å². The molecular formula is C25H30N2O5. The number of rotatable bonds is 10. The van der Waals surface area contributed by atoms with E-state index in [9.17, 15) is 14.4 Å². The van der Waals surface area contributed by atoms with Crippen LogP contribution in [0, 0.1) is 0 Å². The topological polar surface area (TPSA) is 84.9 Å². The minimum absolute atomic E-state index is 0.151. The van der Waals surface area contributed by atoms with Crippen molar-refractivity contribution in [3.63, 3.8) is 0 Å². The highest BCUT2D eigenvalue weighted by Gasteiger charge is 2.35. The Bertz CT molecular complexity index is 898. The molecule has 3 rings (SSSR count). The summed E-state index contributed by atoms with van der Waals surface area (Å²) >= 11 is 0. The molecule has 0 saturated carbocycles. The Morgan fingerprint density at radius 3 is 2.53 bits per heavy atom. The fourth-order valence-electron chi connectivity index (χ4n) is 3.50. The highest BCUT2D eigenvalue weighted by atomic mass is 16.5. The van der Waals surface area contributed by atoms with Gasteiger partial charge >= 0.3 is 5.97 Å². The minimum Gasteiger partial charge on any atom is -0.493 e. The first kappa shape index (κ1) is 23.3. The predicted octanol–water partition coefficient (Wildman–Crippen LogP) is 2.98. The molecule has 0 spiro atoms. The number of hydrogen-bond donors (Lipinski definition) is 1. The maximum Gasteiger partial charge on any atom is 0.308 e. The Morgan fingerprint density at radius 2 is 1.81 bits per heavy atom. The number of unbranched alkanes of at least 4 members (excludes halogenated alkanes) is 1. The van der Waals surface area contributed by atoms with Gasteiger partial charge < -0.3 is 19.7 Å². The normalized spacial score (nSPS) is 15.7. The number of nitrogens with one attached hydrogen (secondary N) is 1. The average Bonchev–Trinajstić information content (AvgIpc) is 2.81. The summed E-state index contributed by atoms with van der Waals surface area (Å²) in [5, 5.41) is 2.73. The van der Waals surface area contributed by atoms with Gasteiger partial charge in [-0.1, -0.05) is 43.7 Å². The molecule has 2 aromatic carbocycles. The Balaban J connectivity index is 1.57. The second-order valence-electron chi connectivity index (χ2n) is 7.69. The first-order chi connectivity index (χ1) is 15.6. The van der Waals surface area contributed by atoms with E-state index < -0.39 is 12.0 Å². The molecule has 0 aliphatic carbocycles. The third-order valence-corrected chi connectivity index (χ3v) is 5.32. The fourth-order valence-corrected chi connectivity index (χ4v) is 3.50. The van der Waals surface area contributed by atoms with Crippen molar-refractivity contribution in [2.75, 3.05) is 26.3 Å². The van der Waals surface area contributed by atoms with E-state index in [4.69, 9.17) is 9.47 Å². The molecule has 0 bridgehead atoms. The lowest BCUT2D eigenvalue weighted by Gasteiger charge is -2.34. The molecule has 1 saturated heterocycles. The summed E-state index contributed by atoms with van der Waals surface area (Å²) in [6.45, 7) is 3.55. The molecule has 1 heterocycles. The molecule has 32 heavy (non-hydrogen) atoms. The summed E-state index contributed by atoms with van der Waals surface area (Å²) in [5.74, 6) is -0.426.